The third kappa shape index (κ3) is 10.4. The molecule has 5 saturated heterocycles. The van der Waals surface area contributed by atoms with Gasteiger partial charge in [-0.3, -0.25) is 4.79 Å². The predicted octanol–water partition coefficient (Wildman–Crippen LogP) is -4.78. The zero-order valence-electron chi connectivity index (χ0n) is 43.4. The van der Waals surface area contributed by atoms with Gasteiger partial charge >= 0.3 is 0 Å². The summed E-state index contributed by atoms with van der Waals surface area (Å²) in [4.78, 5) is 14.8. The third-order valence-electron chi connectivity index (χ3n) is 20.0. The summed E-state index contributed by atoms with van der Waals surface area (Å²) in [6, 6.07) is 0. The van der Waals surface area contributed by atoms with Crippen molar-refractivity contribution in [3.05, 3.63) is 0 Å². The van der Waals surface area contributed by atoms with Crippen LogP contribution >= 0.6 is 0 Å². The highest BCUT2D eigenvalue weighted by Gasteiger charge is 2.71. The molecule has 76 heavy (non-hydrogen) atoms. The number of carbonyl (C=O) groups is 1. The fourth-order valence-corrected chi connectivity index (χ4v) is 15.3. The number of rotatable bonds is 16. The molecule has 0 radical (unpaired) electrons. The van der Waals surface area contributed by atoms with Gasteiger partial charge in [-0.1, -0.05) is 27.7 Å². The van der Waals surface area contributed by atoms with Crippen LogP contribution in [-0.2, 0) is 47.4 Å². The summed E-state index contributed by atoms with van der Waals surface area (Å²) in [5, 5.41) is 159. The lowest BCUT2D eigenvalue weighted by atomic mass is 9.44. The maximum Gasteiger partial charge on any atom is 0.187 e. The normalized spacial score (nSPS) is 54.9. The Morgan fingerprint density at radius 2 is 1.13 bits per heavy atom. The molecule has 4 saturated carbocycles. The van der Waals surface area contributed by atoms with Gasteiger partial charge in [-0.15, -0.1) is 0 Å². The molecule has 5 aliphatic heterocycles. The van der Waals surface area contributed by atoms with Gasteiger partial charge in [-0.05, 0) is 80.0 Å². The van der Waals surface area contributed by atoms with Gasteiger partial charge in [0.05, 0.1) is 45.2 Å². The highest BCUT2D eigenvalue weighted by atomic mass is 16.8. The van der Waals surface area contributed by atoms with Crippen LogP contribution in [0.25, 0.3) is 0 Å². The largest absolute Gasteiger partial charge is 0.394 e. The van der Waals surface area contributed by atoms with E-state index < -0.39 is 167 Å². The zero-order chi connectivity index (χ0) is 55.1. The number of Topliss-reactive ketones (excluding diaryl/α,β-unsaturated/α-hetero) is 1. The summed E-state index contributed by atoms with van der Waals surface area (Å²) < 4.78 is 53.2. The van der Waals surface area contributed by atoms with Gasteiger partial charge in [0.15, 0.2) is 30.9 Å². The van der Waals surface area contributed by atoms with Crippen molar-refractivity contribution in [3.63, 3.8) is 0 Å². The van der Waals surface area contributed by atoms with Crippen molar-refractivity contribution in [1.82, 2.24) is 0 Å². The van der Waals surface area contributed by atoms with Gasteiger partial charge in [-0.25, -0.2) is 0 Å². The third-order valence-corrected chi connectivity index (χ3v) is 20.0. The van der Waals surface area contributed by atoms with Crippen LogP contribution in [0.3, 0.4) is 0 Å². The van der Waals surface area contributed by atoms with E-state index in [4.69, 9.17) is 42.6 Å². The molecule has 0 bridgehead atoms. The van der Waals surface area contributed by atoms with E-state index in [9.17, 15) is 81.4 Å². The number of aliphatic hydroxyl groups is 15. The molecule has 9 aliphatic rings. The number of ether oxygens (including phenoxy) is 9. The van der Waals surface area contributed by atoms with Crippen LogP contribution in [0.1, 0.15) is 85.5 Å². The van der Waals surface area contributed by atoms with Crippen molar-refractivity contribution < 1.29 is 124 Å². The first-order valence-corrected chi connectivity index (χ1v) is 27.3. The van der Waals surface area contributed by atoms with Crippen molar-refractivity contribution in [2.45, 2.75) is 226 Å². The van der Waals surface area contributed by atoms with Gasteiger partial charge in [0, 0.05) is 30.1 Å². The van der Waals surface area contributed by atoms with Crippen molar-refractivity contribution >= 4 is 5.78 Å². The molecule has 9 fully saturated rings. The van der Waals surface area contributed by atoms with Gasteiger partial charge in [-0.2, -0.15) is 0 Å². The Morgan fingerprint density at radius 3 is 1.76 bits per heavy atom. The zero-order valence-corrected chi connectivity index (χ0v) is 43.4. The molecule has 438 valence electrons. The predicted molar refractivity (Wildman–Crippen MR) is 252 cm³/mol. The maximum absolute atomic E-state index is 14.8. The summed E-state index contributed by atoms with van der Waals surface area (Å²) in [6.07, 6.45) is -27.9. The second-order valence-corrected chi connectivity index (χ2v) is 24.1. The first-order valence-electron chi connectivity index (χ1n) is 27.3. The Balaban J connectivity index is 0.797. The van der Waals surface area contributed by atoms with Crippen LogP contribution in [0.5, 0.6) is 0 Å². The SMILES string of the molecule is CC(CC[C@@]1(O)O[C@H]2C[C@H]3[C@@H]4CC[C@H]5C[C@@H](O[C@@H]6O[C@H](CO)[C@H](O[C@@H]7O[C@H](CO)[C@@H](O)[C@H](O)[C@H]7O[C@@H]7O[C@H](CO)[C@H](O)[C@H](O)[C@H]7O)[C@H](O)[C@H]6O)CC[C@]5(C)[C@H]4CC(=O)[C@]3(C)[C@H]2[C@@H]1C)CO[C@@H]1O[C@H](CO)[C@@H](O)[C@H](O)[C@H]1O. The molecule has 0 amide bonds. The second kappa shape index (κ2) is 23.2. The van der Waals surface area contributed by atoms with E-state index in [1.807, 2.05) is 13.8 Å². The minimum Gasteiger partial charge on any atom is -0.394 e. The lowest BCUT2D eigenvalue weighted by Gasteiger charge is -2.60. The minimum atomic E-state index is -1.93. The molecular weight excluding hydrogens is 1010 g/mol. The van der Waals surface area contributed by atoms with Gasteiger partial charge in [0.1, 0.15) is 103 Å². The lowest BCUT2D eigenvalue weighted by Crippen LogP contribution is -2.67. The Bertz CT molecular complexity index is 1950. The standard InChI is InChI=1S/C51H84O25/c1-19(18-68-45-40(64)36(60)33(57)27(14-52)70-45)7-10-51(67)20(2)32-26(76-51)12-25-23-6-5-21-11-22(8-9-49(21,3)24(23)13-31(56)50(25,32)4)69-46-42(66)39(63)43(30(17-55)73-46)74-48-44(38(62)35(59)29(16-54)72-48)75-47-41(65)37(61)34(58)28(15-53)71-47/h19-30,32-48,52-55,57-67H,5-18H2,1-4H3/t19?,20-,21-,22-,23+,24-,25-,26-,27+,28+,29+,30+,32-,33+,34-,35+,36-,37-,38-,39+,40+,41+,42+,43-,44+,45+,46+,47-,48-,49-,50+,51+/m0/s1. The van der Waals surface area contributed by atoms with Crippen molar-refractivity contribution in [2.24, 2.45) is 52.3 Å². The van der Waals surface area contributed by atoms with Crippen LogP contribution < -0.4 is 0 Å². The number of hydrogen-bond acceptors (Lipinski definition) is 25. The fourth-order valence-electron chi connectivity index (χ4n) is 15.3. The van der Waals surface area contributed by atoms with Crippen molar-refractivity contribution in [3.8, 4) is 0 Å². The number of ketones is 1. The smallest absolute Gasteiger partial charge is 0.187 e. The average molecular weight is 1100 g/mol. The highest BCUT2D eigenvalue weighted by Crippen LogP contribution is 2.70. The van der Waals surface area contributed by atoms with Crippen LogP contribution in [0.4, 0.5) is 0 Å². The van der Waals surface area contributed by atoms with Crippen LogP contribution in [0.2, 0.25) is 0 Å². The number of hydrogen-bond donors (Lipinski definition) is 15. The molecule has 4 aliphatic carbocycles. The van der Waals surface area contributed by atoms with Gasteiger partial charge < -0.3 is 119 Å². The molecule has 5 heterocycles. The van der Waals surface area contributed by atoms with Crippen molar-refractivity contribution in [1.29, 1.82) is 0 Å². The number of fused-ring (bicyclic) bond motifs is 7. The van der Waals surface area contributed by atoms with Crippen LogP contribution in [-0.4, -0.2) is 256 Å². The lowest BCUT2D eigenvalue weighted by molar-refractivity contribution is -0.390. The Kier molecular flexibility index (Phi) is 18.1. The molecule has 25 heteroatoms. The minimum absolute atomic E-state index is 0.0487. The molecule has 9 rings (SSSR count). The maximum atomic E-state index is 14.8. The summed E-state index contributed by atoms with van der Waals surface area (Å²) in [7, 11) is 0. The van der Waals surface area contributed by atoms with E-state index in [0.29, 0.717) is 38.5 Å². The molecule has 0 spiro atoms. The monoisotopic (exact) mass is 1100 g/mol. The van der Waals surface area contributed by atoms with E-state index in [1.165, 1.54) is 0 Å². The van der Waals surface area contributed by atoms with E-state index >= 15 is 0 Å². The molecular formula is C51H84O25. The Morgan fingerprint density at radius 1 is 0.605 bits per heavy atom. The Hall–Kier alpha value is -1.29. The molecule has 32 atom stereocenters. The topological polar surface area (TPSA) is 404 Å². The quantitative estimate of drug-likeness (QED) is 0.0645. The summed E-state index contributed by atoms with van der Waals surface area (Å²) in [6.45, 7) is 5.33. The second-order valence-electron chi connectivity index (χ2n) is 24.1. The summed E-state index contributed by atoms with van der Waals surface area (Å²) in [5.74, 6) is -1.50. The van der Waals surface area contributed by atoms with E-state index in [1.54, 1.807) is 0 Å². The fraction of sp³-hybridized carbons (Fsp3) is 0.980. The number of aliphatic hydroxyl groups excluding tert-OH is 14. The van der Waals surface area contributed by atoms with Crippen LogP contribution in [0.15, 0.2) is 0 Å². The molecule has 1 unspecified atom stereocenters. The van der Waals surface area contributed by atoms with Gasteiger partial charge in [0.25, 0.3) is 0 Å². The molecule has 25 nitrogen and oxygen atoms in total. The first-order chi connectivity index (χ1) is 35.9. The van der Waals surface area contributed by atoms with Gasteiger partial charge in [0.2, 0.25) is 0 Å². The van der Waals surface area contributed by atoms with Crippen molar-refractivity contribution in [2.75, 3.05) is 33.0 Å². The Labute approximate surface area is 440 Å². The molecule has 0 aromatic rings. The highest BCUT2D eigenvalue weighted by molar-refractivity contribution is 5.87. The summed E-state index contributed by atoms with van der Waals surface area (Å²) >= 11 is 0. The molecule has 0 aromatic heterocycles. The first kappa shape index (κ1) is 59.3. The summed E-state index contributed by atoms with van der Waals surface area (Å²) in [5.41, 5.74) is -0.935. The molecule has 0 aromatic carbocycles. The van der Waals surface area contributed by atoms with E-state index in [0.717, 1.165) is 12.8 Å². The van der Waals surface area contributed by atoms with Crippen LogP contribution in [0, 0.1) is 52.3 Å². The number of carbonyl (C=O) groups excluding carboxylic acids is 1. The average Bonchev–Trinajstić information content (AvgIpc) is 3.85. The molecule has 15 N–H and O–H groups in total. The van der Waals surface area contributed by atoms with E-state index in [2.05, 4.69) is 13.8 Å². The van der Waals surface area contributed by atoms with E-state index in [-0.39, 0.29) is 71.8 Å².